The third-order valence-corrected chi connectivity index (χ3v) is 3.37. The molecule has 0 saturated heterocycles. The highest BCUT2D eigenvalue weighted by molar-refractivity contribution is 9.10. The minimum atomic E-state index is 0. The number of benzene rings is 2. The van der Waals surface area contributed by atoms with Gasteiger partial charge in [-0.05, 0) is 42.8 Å². The fourth-order valence-electron chi connectivity index (χ4n) is 1.99. The lowest BCUT2D eigenvalue weighted by molar-refractivity contribution is 1.22. The molecule has 0 saturated carbocycles. The predicted octanol–water partition coefficient (Wildman–Crippen LogP) is 4.87. The van der Waals surface area contributed by atoms with Gasteiger partial charge in [0.25, 0.3) is 0 Å². The number of nitrogens with zero attached hydrogens (tertiary/aromatic N) is 2. The molecule has 3 nitrogen and oxygen atoms in total. The number of hydrogen-bond donors (Lipinski definition) is 1. The Morgan fingerprint density at radius 2 is 1.90 bits per heavy atom. The quantitative estimate of drug-likeness (QED) is 0.717. The second kappa shape index (κ2) is 6.20. The molecule has 2 aromatic carbocycles. The lowest BCUT2D eigenvalue weighted by Crippen LogP contribution is -1.96. The smallest absolute Gasteiger partial charge is 0.141 e. The second-order valence-electron chi connectivity index (χ2n) is 4.38. The minimum Gasteiger partial charge on any atom is -0.340 e. The molecule has 0 spiro atoms. The maximum absolute atomic E-state index is 4.33. The van der Waals surface area contributed by atoms with Crippen LogP contribution in [0.25, 0.3) is 10.9 Å². The first kappa shape index (κ1) is 14.8. The molecule has 0 bridgehead atoms. The lowest BCUT2D eigenvalue weighted by atomic mass is 10.2. The van der Waals surface area contributed by atoms with Crippen LogP contribution in [-0.2, 0) is 0 Å². The van der Waals surface area contributed by atoms with E-state index in [9.17, 15) is 0 Å². The summed E-state index contributed by atoms with van der Waals surface area (Å²) in [5.74, 6) is 0.817. The number of aryl methyl sites for hydroxylation is 1. The first-order valence-electron chi connectivity index (χ1n) is 5.96. The van der Waals surface area contributed by atoms with E-state index >= 15 is 0 Å². The maximum atomic E-state index is 4.33. The van der Waals surface area contributed by atoms with Gasteiger partial charge in [-0.2, -0.15) is 0 Å². The van der Waals surface area contributed by atoms with Crippen LogP contribution in [0.5, 0.6) is 0 Å². The van der Waals surface area contributed by atoms with Crippen molar-refractivity contribution in [2.45, 2.75) is 6.92 Å². The average Bonchev–Trinajstić information content (AvgIpc) is 2.39. The van der Waals surface area contributed by atoms with Crippen LogP contribution in [-0.4, -0.2) is 9.97 Å². The standard InChI is InChI=1S/C15H12BrN3.ClH/c1-10-3-2-4-12(7-10)19-15-13-8-11(16)5-6-14(13)17-9-18-15;/h2-9H,1H3,(H,17,18,19);1H. The van der Waals surface area contributed by atoms with Crippen LogP contribution in [0.15, 0.2) is 53.3 Å². The molecule has 0 fully saturated rings. The molecule has 0 unspecified atom stereocenters. The van der Waals surface area contributed by atoms with Crippen molar-refractivity contribution < 1.29 is 0 Å². The molecule has 102 valence electrons. The SMILES string of the molecule is Cc1cccc(Nc2ncnc3ccc(Br)cc23)c1.Cl. The van der Waals surface area contributed by atoms with Crippen molar-refractivity contribution >= 4 is 50.7 Å². The molecule has 1 aromatic heterocycles. The van der Waals surface area contributed by atoms with E-state index in [1.807, 2.05) is 30.3 Å². The summed E-state index contributed by atoms with van der Waals surface area (Å²) in [6, 6.07) is 14.2. The Morgan fingerprint density at radius 1 is 1.05 bits per heavy atom. The summed E-state index contributed by atoms with van der Waals surface area (Å²) in [5, 5.41) is 4.34. The lowest BCUT2D eigenvalue weighted by Gasteiger charge is -2.09. The van der Waals surface area contributed by atoms with Gasteiger partial charge in [0, 0.05) is 15.5 Å². The Balaban J connectivity index is 0.00000147. The largest absolute Gasteiger partial charge is 0.340 e. The van der Waals surface area contributed by atoms with E-state index in [4.69, 9.17) is 0 Å². The van der Waals surface area contributed by atoms with Gasteiger partial charge in [0.2, 0.25) is 0 Å². The minimum absolute atomic E-state index is 0. The van der Waals surface area contributed by atoms with Crippen LogP contribution in [0.1, 0.15) is 5.56 Å². The van der Waals surface area contributed by atoms with E-state index in [1.165, 1.54) is 5.56 Å². The number of anilines is 2. The number of nitrogens with one attached hydrogen (secondary N) is 1. The zero-order valence-electron chi connectivity index (χ0n) is 10.8. The molecule has 0 aliphatic heterocycles. The van der Waals surface area contributed by atoms with E-state index < -0.39 is 0 Å². The van der Waals surface area contributed by atoms with Gasteiger partial charge in [-0.25, -0.2) is 9.97 Å². The molecule has 0 amide bonds. The predicted molar refractivity (Wildman–Crippen MR) is 88.9 cm³/mol. The molecule has 1 N–H and O–H groups in total. The summed E-state index contributed by atoms with van der Waals surface area (Å²) in [6.07, 6.45) is 1.58. The highest BCUT2D eigenvalue weighted by Gasteiger charge is 2.04. The molecule has 0 atom stereocenters. The molecule has 0 radical (unpaired) electrons. The van der Waals surface area contributed by atoms with E-state index in [-0.39, 0.29) is 12.4 Å². The van der Waals surface area contributed by atoms with Crippen LogP contribution >= 0.6 is 28.3 Å². The van der Waals surface area contributed by atoms with E-state index in [1.54, 1.807) is 6.33 Å². The van der Waals surface area contributed by atoms with Gasteiger partial charge in [-0.15, -0.1) is 12.4 Å². The molecule has 20 heavy (non-hydrogen) atoms. The number of hydrogen-bond acceptors (Lipinski definition) is 3. The Kier molecular flexibility index (Phi) is 4.57. The van der Waals surface area contributed by atoms with Gasteiger partial charge in [0.05, 0.1) is 5.52 Å². The Morgan fingerprint density at radius 3 is 2.70 bits per heavy atom. The van der Waals surface area contributed by atoms with Crippen LogP contribution < -0.4 is 5.32 Å². The third-order valence-electron chi connectivity index (χ3n) is 2.88. The molecule has 3 aromatic rings. The van der Waals surface area contributed by atoms with Crippen LogP contribution in [0.4, 0.5) is 11.5 Å². The summed E-state index contributed by atoms with van der Waals surface area (Å²) < 4.78 is 1.02. The normalized spacial score (nSPS) is 10.1. The van der Waals surface area contributed by atoms with Crippen LogP contribution in [0, 0.1) is 6.92 Å². The van der Waals surface area contributed by atoms with Crippen LogP contribution in [0.2, 0.25) is 0 Å². The van der Waals surface area contributed by atoms with Gasteiger partial charge in [-0.1, -0.05) is 28.1 Å². The molecule has 1 heterocycles. The third kappa shape index (κ3) is 3.08. The van der Waals surface area contributed by atoms with Crippen molar-refractivity contribution in [2.24, 2.45) is 0 Å². The first-order valence-corrected chi connectivity index (χ1v) is 6.75. The van der Waals surface area contributed by atoms with Crippen molar-refractivity contribution in [3.63, 3.8) is 0 Å². The second-order valence-corrected chi connectivity index (χ2v) is 5.29. The van der Waals surface area contributed by atoms with Gasteiger partial charge in [-0.3, -0.25) is 0 Å². The number of fused-ring (bicyclic) bond motifs is 1. The highest BCUT2D eigenvalue weighted by atomic mass is 79.9. The maximum Gasteiger partial charge on any atom is 0.141 e. The average molecular weight is 351 g/mol. The summed E-state index contributed by atoms with van der Waals surface area (Å²) in [5.41, 5.74) is 3.16. The van der Waals surface area contributed by atoms with E-state index in [0.29, 0.717) is 0 Å². The van der Waals surface area contributed by atoms with Crippen molar-refractivity contribution in [1.82, 2.24) is 9.97 Å². The van der Waals surface area contributed by atoms with Gasteiger partial charge < -0.3 is 5.32 Å². The molecular formula is C15H13BrClN3. The Hall–Kier alpha value is -1.65. The van der Waals surface area contributed by atoms with Gasteiger partial charge in [0.1, 0.15) is 12.1 Å². The fraction of sp³-hybridized carbons (Fsp3) is 0.0667. The number of halogens is 2. The topological polar surface area (TPSA) is 37.8 Å². The molecule has 3 rings (SSSR count). The molecular weight excluding hydrogens is 338 g/mol. The van der Waals surface area contributed by atoms with Crippen molar-refractivity contribution in [2.75, 3.05) is 5.32 Å². The molecule has 0 aliphatic rings. The van der Waals surface area contributed by atoms with Gasteiger partial charge in [0.15, 0.2) is 0 Å². The highest BCUT2D eigenvalue weighted by Crippen LogP contribution is 2.26. The van der Waals surface area contributed by atoms with E-state index in [0.717, 1.165) is 26.9 Å². The van der Waals surface area contributed by atoms with Gasteiger partial charge >= 0.3 is 0 Å². The monoisotopic (exact) mass is 349 g/mol. The summed E-state index contributed by atoms with van der Waals surface area (Å²) >= 11 is 3.48. The molecule has 5 heteroatoms. The van der Waals surface area contributed by atoms with Crippen molar-refractivity contribution in [3.05, 3.63) is 58.8 Å². The van der Waals surface area contributed by atoms with Crippen molar-refractivity contribution in [3.8, 4) is 0 Å². The van der Waals surface area contributed by atoms with Crippen molar-refractivity contribution in [1.29, 1.82) is 0 Å². The first-order chi connectivity index (χ1) is 9.22. The zero-order valence-corrected chi connectivity index (χ0v) is 13.2. The Bertz CT molecular complexity index is 746. The molecule has 0 aliphatic carbocycles. The summed E-state index contributed by atoms with van der Waals surface area (Å²) in [4.78, 5) is 8.60. The zero-order chi connectivity index (χ0) is 13.2. The number of rotatable bonds is 2. The Labute approximate surface area is 132 Å². The summed E-state index contributed by atoms with van der Waals surface area (Å²) in [6.45, 7) is 2.07. The number of aromatic nitrogens is 2. The summed E-state index contributed by atoms with van der Waals surface area (Å²) in [7, 11) is 0. The fourth-order valence-corrected chi connectivity index (χ4v) is 2.35. The van der Waals surface area contributed by atoms with E-state index in [2.05, 4.69) is 50.3 Å². The van der Waals surface area contributed by atoms with Crippen LogP contribution in [0.3, 0.4) is 0 Å².